The van der Waals surface area contributed by atoms with Crippen LogP contribution >= 0.6 is 11.6 Å². The summed E-state index contributed by atoms with van der Waals surface area (Å²) in [5.74, 6) is -0.379. The third-order valence-electron chi connectivity index (χ3n) is 5.11. The van der Waals surface area contributed by atoms with Gasteiger partial charge in [0, 0.05) is 16.6 Å². The summed E-state index contributed by atoms with van der Waals surface area (Å²) in [6.07, 6.45) is 1.94. The molecular weight excluding hydrogens is 341 g/mol. The Morgan fingerprint density at radius 1 is 1.28 bits per heavy atom. The lowest BCUT2D eigenvalue weighted by molar-refractivity contribution is -0.129. The van der Waals surface area contributed by atoms with Gasteiger partial charge in [0.05, 0.1) is 12.0 Å². The number of benzene rings is 2. The third kappa shape index (κ3) is 3.55. The fourth-order valence-corrected chi connectivity index (χ4v) is 3.63. The molecule has 2 N–H and O–H groups in total. The predicted octanol–water partition coefficient (Wildman–Crippen LogP) is 3.97. The highest BCUT2D eigenvalue weighted by atomic mass is 35.5. The number of carbonyl (C=O) groups is 1. The summed E-state index contributed by atoms with van der Waals surface area (Å²) in [6, 6.07) is 12.1. The zero-order chi connectivity index (χ0) is 18.0. The summed E-state index contributed by atoms with van der Waals surface area (Å²) in [5, 5.41) is 13.1. The quantitative estimate of drug-likeness (QED) is 0.846. The van der Waals surface area contributed by atoms with E-state index in [1.165, 1.54) is 12.1 Å². The van der Waals surface area contributed by atoms with Crippen LogP contribution < -0.4 is 5.32 Å². The molecule has 5 heteroatoms. The highest BCUT2D eigenvalue weighted by Gasteiger charge is 2.44. The minimum atomic E-state index is -0.658. The zero-order valence-electron chi connectivity index (χ0n) is 14.1. The van der Waals surface area contributed by atoms with Gasteiger partial charge >= 0.3 is 0 Å². The Morgan fingerprint density at radius 3 is 2.60 bits per heavy atom. The Balaban J connectivity index is 1.74. The van der Waals surface area contributed by atoms with Crippen LogP contribution in [0.4, 0.5) is 4.39 Å². The van der Waals surface area contributed by atoms with Crippen LogP contribution in [0.15, 0.2) is 42.5 Å². The summed E-state index contributed by atoms with van der Waals surface area (Å²) in [5.41, 5.74) is 1.63. The standard InChI is InChI=1S/C20H21ClFNO2/c1-2-20(12-24)11-16(23-19(20)25)9-13-3-5-14(6-4-13)17-10-15(21)7-8-18(17)22/h3-8,10,16,24H,2,9,11-12H2,1H3,(H,23,25). The predicted molar refractivity (Wildman–Crippen MR) is 96.9 cm³/mol. The molecule has 2 unspecified atom stereocenters. The van der Waals surface area contributed by atoms with E-state index in [0.717, 1.165) is 11.1 Å². The number of hydrogen-bond acceptors (Lipinski definition) is 2. The highest BCUT2D eigenvalue weighted by Crippen LogP contribution is 2.34. The lowest BCUT2D eigenvalue weighted by Gasteiger charge is -2.21. The fraction of sp³-hybridized carbons (Fsp3) is 0.350. The lowest BCUT2D eigenvalue weighted by atomic mass is 9.82. The van der Waals surface area contributed by atoms with Gasteiger partial charge in [0.15, 0.2) is 0 Å². The third-order valence-corrected chi connectivity index (χ3v) is 5.34. The number of aliphatic hydroxyl groups is 1. The van der Waals surface area contributed by atoms with E-state index in [1.54, 1.807) is 6.07 Å². The maximum absolute atomic E-state index is 14.0. The monoisotopic (exact) mass is 361 g/mol. The second kappa shape index (κ2) is 7.14. The van der Waals surface area contributed by atoms with E-state index in [9.17, 15) is 14.3 Å². The maximum atomic E-state index is 14.0. The van der Waals surface area contributed by atoms with Crippen molar-refractivity contribution in [2.75, 3.05) is 6.61 Å². The first-order valence-corrected chi connectivity index (χ1v) is 8.81. The lowest BCUT2D eigenvalue weighted by Crippen LogP contribution is -2.34. The molecule has 0 spiro atoms. The Morgan fingerprint density at radius 2 is 2.00 bits per heavy atom. The first kappa shape index (κ1) is 17.9. The van der Waals surface area contributed by atoms with Crippen LogP contribution in [0.25, 0.3) is 11.1 Å². The molecule has 1 fully saturated rings. The van der Waals surface area contributed by atoms with E-state index in [0.29, 0.717) is 29.8 Å². The molecule has 1 saturated heterocycles. The molecule has 0 aliphatic carbocycles. The number of rotatable bonds is 5. The summed E-state index contributed by atoms with van der Waals surface area (Å²) in [6.45, 7) is 1.80. The summed E-state index contributed by atoms with van der Waals surface area (Å²) in [7, 11) is 0. The van der Waals surface area contributed by atoms with Crippen LogP contribution in [-0.2, 0) is 11.2 Å². The van der Waals surface area contributed by atoms with Gasteiger partial charge in [0.1, 0.15) is 5.82 Å². The molecule has 3 rings (SSSR count). The van der Waals surface area contributed by atoms with Crippen LogP contribution in [0.3, 0.4) is 0 Å². The van der Waals surface area contributed by atoms with E-state index in [2.05, 4.69) is 5.32 Å². The van der Waals surface area contributed by atoms with Gasteiger partial charge in [-0.2, -0.15) is 0 Å². The summed E-state index contributed by atoms with van der Waals surface area (Å²) in [4.78, 5) is 12.1. The smallest absolute Gasteiger partial charge is 0.228 e. The molecule has 0 bridgehead atoms. The fourth-order valence-electron chi connectivity index (χ4n) is 3.45. The summed E-state index contributed by atoms with van der Waals surface area (Å²) < 4.78 is 14.0. The van der Waals surface area contributed by atoms with E-state index in [-0.39, 0.29) is 24.4 Å². The molecule has 0 saturated carbocycles. The Labute approximate surface area is 151 Å². The van der Waals surface area contributed by atoms with Crippen LogP contribution in [0.2, 0.25) is 5.02 Å². The Bertz CT molecular complexity index is 772. The topological polar surface area (TPSA) is 49.3 Å². The second-order valence-electron chi connectivity index (χ2n) is 6.69. The minimum Gasteiger partial charge on any atom is -0.395 e. The van der Waals surface area contributed by atoms with Crippen molar-refractivity contribution in [1.82, 2.24) is 5.32 Å². The number of hydrogen-bond donors (Lipinski definition) is 2. The molecular formula is C20H21ClFNO2. The average Bonchev–Trinajstić information content (AvgIpc) is 2.93. The van der Waals surface area contributed by atoms with Crippen molar-refractivity contribution in [2.45, 2.75) is 32.2 Å². The van der Waals surface area contributed by atoms with Crippen molar-refractivity contribution >= 4 is 17.5 Å². The van der Waals surface area contributed by atoms with Crippen molar-refractivity contribution < 1.29 is 14.3 Å². The van der Waals surface area contributed by atoms with E-state index >= 15 is 0 Å². The molecule has 2 atom stereocenters. The number of nitrogens with one attached hydrogen (secondary N) is 1. The molecule has 1 amide bonds. The van der Waals surface area contributed by atoms with Crippen molar-refractivity contribution in [3.05, 3.63) is 58.9 Å². The van der Waals surface area contributed by atoms with Crippen LogP contribution in [-0.4, -0.2) is 23.7 Å². The SMILES string of the molecule is CCC1(CO)CC(Cc2ccc(-c3cc(Cl)ccc3F)cc2)NC1=O. The number of halogens is 2. The van der Waals surface area contributed by atoms with Gasteiger partial charge in [-0.3, -0.25) is 4.79 Å². The van der Waals surface area contributed by atoms with Crippen molar-refractivity contribution in [3.63, 3.8) is 0 Å². The van der Waals surface area contributed by atoms with E-state index in [1.807, 2.05) is 31.2 Å². The number of carbonyl (C=O) groups excluding carboxylic acids is 1. The van der Waals surface area contributed by atoms with Gasteiger partial charge < -0.3 is 10.4 Å². The van der Waals surface area contributed by atoms with E-state index in [4.69, 9.17) is 11.6 Å². The molecule has 0 aromatic heterocycles. The number of aliphatic hydroxyl groups excluding tert-OH is 1. The van der Waals surface area contributed by atoms with Crippen LogP contribution in [0.5, 0.6) is 0 Å². The molecule has 3 nitrogen and oxygen atoms in total. The van der Waals surface area contributed by atoms with Gasteiger partial charge in [-0.25, -0.2) is 4.39 Å². The Kier molecular flexibility index (Phi) is 5.11. The van der Waals surface area contributed by atoms with Crippen molar-refractivity contribution in [1.29, 1.82) is 0 Å². The molecule has 25 heavy (non-hydrogen) atoms. The first-order chi connectivity index (χ1) is 12.0. The second-order valence-corrected chi connectivity index (χ2v) is 7.13. The molecule has 0 radical (unpaired) electrons. The van der Waals surface area contributed by atoms with Gasteiger partial charge in [0.25, 0.3) is 0 Å². The first-order valence-electron chi connectivity index (χ1n) is 8.43. The van der Waals surface area contributed by atoms with Gasteiger partial charge in [0.2, 0.25) is 5.91 Å². The van der Waals surface area contributed by atoms with Crippen LogP contribution in [0, 0.1) is 11.2 Å². The van der Waals surface area contributed by atoms with Crippen molar-refractivity contribution in [2.24, 2.45) is 5.41 Å². The average molecular weight is 362 g/mol. The summed E-state index contributed by atoms with van der Waals surface area (Å²) >= 11 is 5.95. The largest absolute Gasteiger partial charge is 0.395 e. The van der Waals surface area contributed by atoms with Crippen LogP contribution in [0.1, 0.15) is 25.3 Å². The molecule has 1 aliphatic rings. The number of amides is 1. The highest BCUT2D eigenvalue weighted by molar-refractivity contribution is 6.30. The minimum absolute atomic E-state index is 0.00774. The molecule has 132 valence electrons. The zero-order valence-corrected chi connectivity index (χ0v) is 14.8. The molecule has 2 aromatic carbocycles. The van der Waals surface area contributed by atoms with E-state index < -0.39 is 5.41 Å². The van der Waals surface area contributed by atoms with Gasteiger partial charge in [-0.15, -0.1) is 0 Å². The Hall–Kier alpha value is -1.91. The van der Waals surface area contributed by atoms with Crippen molar-refractivity contribution in [3.8, 4) is 11.1 Å². The van der Waals surface area contributed by atoms with Gasteiger partial charge in [-0.05, 0) is 48.6 Å². The molecule has 1 aliphatic heterocycles. The maximum Gasteiger partial charge on any atom is 0.228 e. The normalized spacial score (nSPS) is 22.9. The van der Waals surface area contributed by atoms with Gasteiger partial charge in [-0.1, -0.05) is 42.8 Å². The molecule has 2 aromatic rings. The molecule has 1 heterocycles.